The van der Waals surface area contributed by atoms with Crippen LogP contribution >= 0.6 is 11.3 Å². The van der Waals surface area contributed by atoms with Crippen LogP contribution in [0.1, 0.15) is 39.5 Å². The Morgan fingerprint density at radius 1 is 1.10 bits per heavy atom. The molecule has 39 heavy (non-hydrogen) atoms. The lowest BCUT2D eigenvalue weighted by Gasteiger charge is -2.21. The number of H-pyrrole nitrogens is 2. The van der Waals surface area contributed by atoms with Crippen LogP contribution in [0.25, 0.3) is 11.0 Å². The first-order chi connectivity index (χ1) is 18.4. The van der Waals surface area contributed by atoms with Crippen molar-refractivity contribution in [1.82, 2.24) is 25.3 Å². The Morgan fingerprint density at radius 2 is 1.82 bits per heavy atom. The fourth-order valence-electron chi connectivity index (χ4n) is 3.81. The number of carboxylic acids is 3. The maximum atomic E-state index is 12.9. The van der Waals surface area contributed by atoms with Gasteiger partial charge in [-0.2, -0.15) is 4.98 Å². The number of hydrogen-bond donors (Lipinski definition) is 8. The van der Waals surface area contributed by atoms with Crippen LogP contribution in [-0.2, 0) is 32.0 Å². The zero-order valence-electron chi connectivity index (χ0n) is 20.2. The molecule has 0 aliphatic carbocycles. The maximum Gasteiger partial charge on any atom is 0.320 e. The Balaban J connectivity index is 1.72. The van der Waals surface area contributed by atoms with Gasteiger partial charge in [0, 0.05) is 23.7 Å². The van der Waals surface area contributed by atoms with E-state index >= 15 is 0 Å². The molecule has 0 aliphatic rings. The highest BCUT2D eigenvalue weighted by molar-refractivity contribution is 7.13. The molecule has 0 aromatic carbocycles. The van der Waals surface area contributed by atoms with Gasteiger partial charge in [-0.25, -0.2) is 4.98 Å². The van der Waals surface area contributed by atoms with Crippen LogP contribution in [0.3, 0.4) is 0 Å². The molecule has 0 spiro atoms. The summed E-state index contributed by atoms with van der Waals surface area (Å²) in [7, 11) is 0. The number of rotatable bonds is 14. The molecule has 0 saturated carbocycles. The van der Waals surface area contributed by atoms with Crippen LogP contribution < -0.4 is 22.3 Å². The summed E-state index contributed by atoms with van der Waals surface area (Å²) in [6.07, 6.45) is 2.07. The summed E-state index contributed by atoms with van der Waals surface area (Å²) < 4.78 is 0. The molecule has 208 valence electrons. The first-order valence-electron chi connectivity index (χ1n) is 11.4. The highest BCUT2D eigenvalue weighted by Crippen LogP contribution is 2.20. The Hall–Kier alpha value is -4.64. The van der Waals surface area contributed by atoms with Crippen LogP contribution in [0.5, 0.6) is 0 Å². The van der Waals surface area contributed by atoms with Crippen LogP contribution in [0.4, 0.5) is 5.95 Å². The molecule has 3 heterocycles. The average Bonchev–Trinajstić information content (AvgIpc) is 3.49. The highest BCUT2D eigenvalue weighted by atomic mass is 32.1. The molecule has 3 aromatic rings. The molecular weight excluding hydrogens is 538 g/mol. The number of nitrogens with two attached hydrogens (primary N) is 2. The number of fused-ring (bicyclic) bond motifs is 1. The lowest BCUT2D eigenvalue weighted by Crippen LogP contribution is -2.47. The molecule has 17 heteroatoms. The van der Waals surface area contributed by atoms with Gasteiger partial charge in [-0.15, -0.1) is 11.3 Å². The minimum atomic E-state index is -1.88. The van der Waals surface area contributed by atoms with Crippen LogP contribution in [0.2, 0.25) is 0 Å². The number of ketones is 1. The number of anilines is 1. The number of nitrogen functional groups attached to an aromatic ring is 1. The fourth-order valence-corrected chi connectivity index (χ4v) is 4.63. The van der Waals surface area contributed by atoms with Crippen molar-refractivity contribution in [2.24, 2.45) is 11.7 Å². The summed E-state index contributed by atoms with van der Waals surface area (Å²) in [5.74, 6) is -8.30. The van der Waals surface area contributed by atoms with Gasteiger partial charge in [0.05, 0.1) is 11.4 Å². The lowest BCUT2D eigenvalue weighted by atomic mass is 9.89. The van der Waals surface area contributed by atoms with E-state index < -0.39 is 72.4 Å². The number of aryl methyl sites for hydroxylation is 2. The smallest absolute Gasteiger partial charge is 0.320 e. The van der Waals surface area contributed by atoms with Crippen molar-refractivity contribution in [2.75, 3.05) is 5.73 Å². The minimum Gasteiger partial charge on any atom is -0.481 e. The number of Topliss-reactive ketones (excluding diaryl/α,β-unsaturated/α-hetero) is 1. The minimum absolute atomic E-state index is 0.0291. The predicted octanol–water partition coefficient (Wildman–Crippen LogP) is -0.890. The van der Waals surface area contributed by atoms with E-state index in [1.54, 1.807) is 6.20 Å². The van der Waals surface area contributed by atoms with E-state index in [9.17, 15) is 33.9 Å². The zero-order valence-corrected chi connectivity index (χ0v) is 21.0. The topological polar surface area (TPSA) is 285 Å². The molecule has 0 radical (unpaired) electrons. The highest BCUT2D eigenvalue weighted by Gasteiger charge is 2.36. The average molecular weight is 564 g/mol. The third kappa shape index (κ3) is 7.23. The third-order valence-corrected chi connectivity index (χ3v) is 6.83. The first kappa shape index (κ1) is 28.9. The Kier molecular flexibility index (Phi) is 9.10. The van der Waals surface area contributed by atoms with E-state index in [1.165, 1.54) is 6.20 Å². The van der Waals surface area contributed by atoms with Gasteiger partial charge < -0.3 is 37.1 Å². The molecule has 1 amide bonds. The summed E-state index contributed by atoms with van der Waals surface area (Å²) in [5.41, 5.74) is 11.5. The predicted molar refractivity (Wildman–Crippen MR) is 135 cm³/mol. The molecule has 0 fully saturated rings. The zero-order chi connectivity index (χ0) is 28.9. The number of nitrogens with one attached hydrogen (secondary N) is 3. The van der Waals surface area contributed by atoms with Crippen molar-refractivity contribution in [3.63, 3.8) is 0 Å². The van der Waals surface area contributed by atoms with E-state index in [2.05, 4.69) is 25.3 Å². The summed E-state index contributed by atoms with van der Waals surface area (Å²) in [6, 6.07) is -3.20. The van der Waals surface area contributed by atoms with Crippen LogP contribution in [0, 0.1) is 5.92 Å². The van der Waals surface area contributed by atoms with Crippen molar-refractivity contribution in [1.29, 1.82) is 0 Å². The van der Waals surface area contributed by atoms with Crippen molar-refractivity contribution >= 4 is 57.9 Å². The number of carbonyl (C=O) groups excluding carboxylic acids is 2. The molecule has 0 aliphatic heterocycles. The molecular formula is C22H25N7O9S. The van der Waals surface area contributed by atoms with Crippen molar-refractivity contribution in [3.8, 4) is 0 Å². The molecule has 3 rings (SSSR count). The normalized spacial score (nSPS) is 13.5. The summed E-state index contributed by atoms with van der Waals surface area (Å²) >= 11 is 0.986. The molecule has 0 bridgehead atoms. The van der Waals surface area contributed by atoms with Crippen LogP contribution in [-0.4, -0.2) is 76.9 Å². The second-order valence-corrected chi connectivity index (χ2v) is 9.67. The molecule has 0 saturated heterocycles. The number of amides is 1. The Bertz CT molecular complexity index is 1480. The second kappa shape index (κ2) is 12.3. The van der Waals surface area contributed by atoms with Gasteiger partial charge in [-0.3, -0.25) is 33.8 Å². The van der Waals surface area contributed by atoms with E-state index in [1.807, 2.05) is 0 Å². The first-order valence-corrected chi connectivity index (χ1v) is 12.3. The summed E-state index contributed by atoms with van der Waals surface area (Å²) in [6.45, 7) is 0. The number of carbonyl (C=O) groups is 5. The Morgan fingerprint density at radius 3 is 2.46 bits per heavy atom. The molecule has 16 nitrogen and oxygen atoms in total. The van der Waals surface area contributed by atoms with E-state index in [4.69, 9.17) is 21.7 Å². The maximum absolute atomic E-state index is 12.9. The van der Waals surface area contributed by atoms with Crippen molar-refractivity contribution in [3.05, 3.63) is 38.2 Å². The van der Waals surface area contributed by atoms with Crippen molar-refractivity contribution in [2.45, 2.75) is 44.2 Å². The number of nitrogens with zero attached hydrogens (tertiary/aromatic N) is 2. The van der Waals surface area contributed by atoms with Gasteiger partial charge in [0.1, 0.15) is 17.6 Å². The quantitative estimate of drug-likeness (QED) is 0.111. The van der Waals surface area contributed by atoms with Gasteiger partial charge in [0.15, 0.2) is 10.8 Å². The molecule has 1 unspecified atom stereocenters. The fraction of sp³-hybridized carbons (Fsp3) is 0.364. The van der Waals surface area contributed by atoms with E-state index in [-0.39, 0.29) is 11.0 Å². The second-order valence-electron chi connectivity index (χ2n) is 8.55. The molecule has 3 atom stereocenters. The number of aromatic nitrogens is 4. The van der Waals surface area contributed by atoms with Gasteiger partial charge in [0.25, 0.3) is 11.5 Å². The molecule has 10 N–H and O–H groups in total. The lowest BCUT2D eigenvalue weighted by molar-refractivity contribution is -0.148. The van der Waals surface area contributed by atoms with E-state index in [0.717, 1.165) is 11.3 Å². The van der Waals surface area contributed by atoms with Gasteiger partial charge in [0.2, 0.25) is 5.95 Å². The summed E-state index contributed by atoms with van der Waals surface area (Å²) in [5, 5.41) is 30.0. The van der Waals surface area contributed by atoms with Gasteiger partial charge in [-0.05, 0) is 31.2 Å². The van der Waals surface area contributed by atoms with E-state index in [0.29, 0.717) is 34.3 Å². The number of aliphatic carboxylic acids is 3. The van der Waals surface area contributed by atoms with Gasteiger partial charge in [-0.1, -0.05) is 0 Å². The number of aromatic amines is 2. The third-order valence-electron chi connectivity index (χ3n) is 5.77. The summed E-state index contributed by atoms with van der Waals surface area (Å²) in [4.78, 5) is 85.7. The van der Waals surface area contributed by atoms with Crippen molar-refractivity contribution < 1.29 is 39.3 Å². The number of thiazole rings is 1. The molecule has 3 aromatic heterocycles. The van der Waals surface area contributed by atoms with Gasteiger partial charge >= 0.3 is 17.9 Å². The largest absolute Gasteiger partial charge is 0.481 e. The van der Waals surface area contributed by atoms with Crippen LogP contribution in [0.15, 0.2) is 17.2 Å². The SMILES string of the molecule is Nc1nc2[nH]cc(CCc3cnc(C(=O)N[C@@H](CCC(=O)O)C(=O)C(C[C@H](N)C(=O)O)C(=O)O)s3)c2c(=O)[nH]1. The monoisotopic (exact) mass is 563 g/mol. The Labute approximate surface area is 222 Å². The number of hydrogen-bond acceptors (Lipinski definition) is 11. The number of carboxylic acid groups (broad SMARTS) is 3. The standard InChI is InChI=1S/C22H25N7O9S/c23-11(21(37)38)5-10(20(35)36)15(32)12(3-4-13(30)31)27-18(34)19-26-7-9(39-19)2-1-8-6-25-16-14(8)17(33)29-22(24)28-16/h6-7,10-12H,1-5,23H2,(H,27,34)(H,30,31)(H,35,36)(H,37,38)(H4,24,25,28,29,33)/t10?,11-,12-/m0/s1.